The van der Waals surface area contributed by atoms with Crippen molar-refractivity contribution < 1.29 is 14.3 Å². The molecule has 0 saturated carbocycles. The molecule has 26 heavy (non-hydrogen) atoms. The van der Waals surface area contributed by atoms with Crippen LogP contribution in [0.5, 0.6) is 5.75 Å². The maximum absolute atomic E-state index is 12.0. The Labute approximate surface area is 158 Å². The van der Waals surface area contributed by atoms with E-state index >= 15 is 0 Å². The van der Waals surface area contributed by atoms with E-state index in [0.29, 0.717) is 16.4 Å². The van der Waals surface area contributed by atoms with E-state index in [1.807, 2.05) is 24.4 Å². The zero-order chi connectivity index (χ0) is 18.5. The molecule has 0 aliphatic rings. The van der Waals surface area contributed by atoms with Crippen LogP contribution in [0, 0.1) is 6.92 Å². The summed E-state index contributed by atoms with van der Waals surface area (Å²) in [5.74, 6) is 0.0200. The number of hydrogen-bond donors (Lipinski definition) is 2. The first-order valence-corrected chi connectivity index (χ1v) is 9.49. The van der Waals surface area contributed by atoms with Gasteiger partial charge in [-0.3, -0.25) is 9.59 Å². The fraction of sp³-hybridized carbons (Fsp3) is 0.167. The lowest BCUT2D eigenvalue weighted by molar-refractivity contribution is -0.115. The second kappa shape index (κ2) is 8.11. The summed E-state index contributed by atoms with van der Waals surface area (Å²) in [4.78, 5) is 30.7. The van der Waals surface area contributed by atoms with E-state index < -0.39 is 0 Å². The maximum Gasteiger partial charge on any atom is 0.251 e. The quantitative estimate of drug-likeness (QED) is 0.678. The second-order valence-electron chi connectivity index (χ2n) is 5.41. The molecule has 8 heteroatoms. The van der Waals surface area contributed by atoms with E-state index in [1.54, 1.807) is 42.7 Å². The summed E-state index contributed by atoms with van der Waals surface area (Å²) in [5.41, 5.74) is 1.30. The highest BCUT2D eigenvalue weighted by Crippen LogP contribution is 2.30. The molecule has 0 unspecified atom stereocenters. The van der Waals surface area contributed by atoms with E-state index in [-0.39, 0.29) is 18.4 Å². The summed E-state index contributed by atoms with van der Waals surface area (Å²) in [7, 11) is 1.56. The molecular weight excluding hydrogens is 370 g/mol. The predicted octanol–water partition coefficient (Wildman–Crippen LogP) is 3.56. The molecule has 2 heterocycles. The molecule has 0 saturated heterocycles. The topological polar surface area (TPSA) is 80.3 Å². The van der Waals surface area contributed by atoms with Crippen molar-refractivity contribution in [2.75, 3.05) is 19.0 Å². The molecule has 0 spiro atoms. The van der Waals surface area contributed by atoms with Crippen LogP contribution >= 0.6 is 22.7 Å². The number of rotatable bonds is 6. The molecule has 3 rings (SSSR count). The van der Waals surface area contributed by atoms with Gasteiger partial charge >= 0.3 is 0 Å². The smallest absolute Gasteiger partial charge is 0.251 e. The molecule has 2 amide bonds. The van der Waals surface area contributed by atoms with Gasteiger partial charge in [0.05, 0.1) is 24.2 Å². The third-order valence-electron chi connectivity index (χ3n) is 3.51. The van der Waals surface area contributed by atoms with Gasteiger partial charge in [-0.1, -0.05) is 0 Å². The number of hydrogen-bond acceptors (Lipinski definition) is 6. The first kappa shape index (κ1) is 18.1. The van der Waals surface area contributed by atoms with Crippen LogP contribution in [0.1, 0.15) is 15.2 Å². The first-order chi connectivity index (χ1) is 12.5. The molecule has 0 fully saturated rings. The molecule has 0 atom stereocenters. The minimum Gasteiger partial charge on any atom is -0.497 e. The molecule has 0 aliphatic heterocycles. The minimum atomic E-state index is -0.324. The number of carbonyl (C=O) groups excluding carboxylic acids is 2. The molecule has 2 aromatic heterocycles. The maximum atomic E-state index is 12.0. The van der Waals surface area contributed by atoms with Crippen LogP contribution < -0.4 is 15.4 Å². The third-order valence-corrected chi connectivity index (χ3v) is 5.29. The Kier molecular flexibility index (Phi) is 5.65. The molecule has 6 nitrogen and oxygen atoms in total. The van der Waals surface area contributed by atoms with Crippen molar-refractivity contribution in [3.63, 3.8) is 0 Å². The van der Waals surface area contributed by atoms with Gasteiger partial charge in [-0.05, 0) is 43.3 Å². The van der Waals surface area contributed by atoms with Crippen LogP contribution in [0.2, 0.25) is 0 Å². The van der Waals surface area contributed by atoms with Gasteiger partial charge in [-0.25, -0.2) is 4.98 Å². The number of thiophene rings is 1. The number of carbonyl (C=O) groups is 2. The van der Waals surface area contributed by atoms with Crippen LogP contribution in [0.4, 0.5) is 5.13 Å². The Morgan fingerprint density at radius 1 is 1.15 bits per heavy atom. The highest BCUT2D eigenvalue weighted by atomic mass is 32.1. The van der Waals surface area contributed by atoms with Crippen molar-refractivity contribution in [1.29, 1.82) is 0 Å². The number of methoxy groups -OCH3 is 1. The van der Waals surface area contributed by atoms with Crippen molar-refractivity contribution >= 4 is 39.6 Å². The lowest BCUT2D eigenvalue weighted by atomic mass is 10.2. The van der Waals surface area contributed by atoms with E-state index in [2.05, 4.69) is 15.6 Å². The number of nitrogens with zero attached hydrogens (tertiary/aromatic N) is 1. The molecular formula is C18H17N3O3S2. The fourth-order valence-corrected chi connectivity index (χ4v) is 3.81. The normalized spacial score (nSPS) is 10.4. The Balaban J connectivity index is 1.52. The number of ether oxygens (including phenoxy) is 1. The lowest BCUT2D eigenvalue weighted by Gasteiger charge is -2.06. The van der Waals surface area contributed by atoms with Gasteiger partial charge in [-0.15, -0.1) is 22.7 Å². The van der Waals surface area contributed by atoms with Gasteiger partial charge in [0.2, 0.25) is 5.91 Å². The highest BCUT2D eigenvalue weighted by molar-refractivity contribution is 7.17. The molecule has 3 aromatic rings. The molecule has 1 aromatic carbocycles. The van der Waals surface area contributed by atoms with Crippen LogP contribution in [0.25, 0.3) is 10.6 Å². The summed E-state index contributed by atoms with van der Waals surface area (Å²) in [6.07, 6.45) is 0. The average molecular weight is 387 g/mol. The van der Waals surface area contributed by atoms with Crippen molar-refractivity contribution in [2.24, 2.45) is 0 Å². The van der Waals surface area contributed by atoms with Crippen LogP contribution in [0.15, 0.2) is 41.8 Å². The molecule has 0 bridgehead atoms. The SMILES string of the molecule is COc1ccc(C(=O)NCC(=O)Nc2nc(-c3ccc(C)s3)cs2)cc1. The number of anilines is 1. The summed E-state index contributed by atoms with van der Waals surface area (Å²) in [5, 5.41) is 7.70. The van der Waals surface area contributed by atoms with E-state index in [1.165, 1.54) is 16.2 Å². The number of aryl methyl sites for hydroxylation is 1. The number of aromatic nitrogens is 1. The Hall–Kier alpha value is -2.71. The lowest BCUT2D eigenvalue weighted by Crippen LogP contribution is -2.32. The first-order valence-electron chi connectivity index (χ1n) is 7.79. The van der Waals surface area contributed by atoms with Gasteiger partial charge in [0, 0.05) is 15.8 Å². The molecule has 0 aliphatic carbocycles. The monoisotopic (exact) mass is 387 g/mol. The number of nitrogens with one attached hydrogen (secondary N) is 2. The van der Waals surface area contributed by atoms with Crippen LogP contribution in [-0.4, -0.2) is 30.5 Å². The summed E-state index contributed by atoms with van der Waals surface area (Å²) in [6, 6.07) is 10.7. The van der Waals surface area contributed by atoms with E-state index in [9.17, 15) is 9.59 Å². The standard InChI is InChI=1S/C18H17N3O3S2/c1-11-3-8-15(26-11)14-10-25-18(20-14)21-16(22)9-19-17(23)12-4-6-13(24-2)7-5-12/h3-8,10H,9H2,1-2H3,(H,19,23)(H,20,21,22). The van der Waals surface area contributed by atoms with E-state index in [4.69, 9.17) is 4.74 Å². The average Bonchev–Trinajstić information content (AvgIpc) is 3.28. The van der Waals surface area contributed by atoms with Gasteiger partial charge < -0.3 is 15.4 Å². The number of thiazole rings is 1. The molecule has 134 valence electrons. The Bertz CT molecular complexity index is 916. The van der Waals surface area contributed by atoms with Gasteiger partial charge in [-0.2, -0.15) is 0 Å². The third kappa shape index (κ3) is 4.47. The van der Waals surface area contributed by atoms with Crippen LogP contribution in [-0.2, 0) is 4.79 Å². The van der Waals surface area contributed by atoms with Gasteiger partial charge in [0.15, 0.2) is 5.13 Å². The summed E-state index contributed by atoms with van der Waals surface area (Å²) < 4.78 is 5.05. The largest absolute Gasteiger partial charge is 0.497 e. The van der Waals surface area contributed by atoms with Crippen molar-refractivity contribution in [2.45, 2.75) is 6.92 Å². The van der Waals surface area contributed by atoms with Crippen LogP contribution in [0.3, 0.4) is 0 Å². The summed E-state index contributed by atoms with van der Waals surface area (Å²) in [6.45, 7) is 1.91. The Morgan fingerprint density at radius 3 is 2.58 bits per heavy atom. The predicted molar refractivity (Wildman–Crippen MR) is 104 cm³/mol. The molecule has 2 N–H and O–H groups in total. The van der Waals surface area contributed by atoms with Crippen molar-refractivity contribution in [3.8, 4) is 16.3 Å². The number of amides is 2. The zero-order valence-corrected chi connectivity index (χ0v) is 15.9. The fourth-order valence-electron chi connectivity index (χ4n) is 2.18. The van der Waals surface area contributed by atoms with Crippen molar-refractivity contribution in [1.82, 2.24) is 10.3 Å². The van der Waals surface area contributed by atoms with Gasteiger partial charge in [0.1, 0.15) is 5.75 Å². The van der Waals surface area contributed by atoms with Crippen molar-refractivity contribution in [3.05, 3.63) is 52.2 Å². The minimum absolute atomic E-state index is 0.127. The van der Waals surface area contributed by atoms with Gasteiger partial charge in [0.25, 0.3) is 5.91 Å². The highest BCUT2D eigenvalue weighted by Gasteiger charge is 2.11. The summed E-state index contributed by atoms with van der Waals surface area (Å²) >= 11 is 3.01. The zero-order valence-electron chi connectivity index (χ0n) is 14.2. The Morgan fingerprint density at radius 2 is 1.92 bits per heavy atom. The molecule has 0 radical (unpaired) electrons. The second-order valence-corrected chi connectivity index (χ2v) is 7.55. The van der Waals surface area contributed by atoms with E-state index in [0.717, 1.165) is 10.6 Å². The number of benzene rings is 1.